The zero-order chi connectivity index (χ0) is 15.4. The van der Waals surface area contributed by atoms with Gasteiger partial charge in [-0.1, -0.05) is 35.9 Å². The predicted molar refractivity (Wildman–Crippen MR) is 85.3 cm³/mol. The maximum Gasteiger partial charge on any atom is 0.168 e. The van der Waals surface area contributed by atoms with Crippen LogP contribution in [-0.4, -0.2) is 30.5 Å². The molecule has 1 atom stereocenters. The molecule has 0 aliphatic carbocycles. The summed E-state index contributed by atoms with van der Waals surface area (Å²) >= 11 is 5.86. The second-order valence-corrected chi connectivity index (χ2v) is 5.73. The number of Topliss-reactive ketones (excluding diaryl/α,β-unsaturated/α-hetero) is 1. The number of hydrogen-bond acceptors (Lipinski definition) is 4. The summed E-state index contributed by atoms with van der Waals surface area (Å²) in [5, 5.41) is 3.78. The smallest absolute Gasteiger partial charge is 0.168 e. The Balaban J connectivity index is 1.66. The third-order valence-electron chi connectivity index (χ3n) is 3.67. The number of ketones is 1. The molecule has 1 saturated heterocycles. The lowest BCUT2D eigenvalue weighted by Crippen LogP contribution is -2.33. The fourth-order valence-corrected chi connectivity index (χ4v) is 2.66. The molecule has 0 amide bonds. The summed E-state index contributed by atoms with van der Waals surface area (Å²) in [7, 11) is 0. The number of nitrogens with zero attached hydrogens (tertiary/aromatic N) is 1. The maximum absolute atomic E-state index is 12.2. The molecular weight excluding hydrogens is 300 g/mol. The van der Waals surface area contributed by atoms with Crippen LogP contribution in [0.15, 0.2) is 42.7 Å². The minimum Gasteiger partial charge on any atom is -0.371 e. The van der Waals surface area contributed by atoms with E-state index in [-0.39, 0.29) is 11.9 Å². The third kappa shape index (κ3) is 3.71. The number of pyridine rings is 1. The highest BCUT2D eigenvalue weighted by Crippen LogP contribution is 2.20. The molecule has 2 aromatic rings. The van der Waals surface area contributed by atoms with Crippen LogP contribution < -0.4 is 5.32 Å². The summed E-state index contributed by atoms with van der Waals surface area (Å²) < 4.78 is 5.72. The highest BCUT2D eigenvalue weighted by Gasteiger charge is 2.15. The van der Waals surface area contributed by atoms with Gasteiger partial charge in [0.05, 0.1) is 17.7 Å². The van der Waals surface area contributed by atoms with Crippen LogP contribution in [0.4, 0.5) is 0 Å². The maximum atomic E-state index is 12.2. The van der Waals surface area contributed by atoms with Crippen molar-refractivity contribution >= 4 is 17.4 Å². The van der Waals surface area contributed by atoms with Crippen molar-refractivity contribution in [1.82, 2.24) is 10.3 Å². The van der Waals surface area contributed by atoms with Crippen LogP contribution >= 0.6 is 11.6 Å². The molecule has 4 nitrogen and oxygen atoms in total. The summed E-state index contributed by atoms with van der Waals surface area (Å²) in [6, 6.07) is 9.64. The molecule has 0 saturated carbocycles. The van der Waals surface area contributed by atoms with Gasteiger partial charge < -0.3 is 10.1 Å². The van der Waals surface area contributed by atoms with Crippen molar-refractivity contribution in [2.75, 3.05) is 19.7 Å². The van der Waals surface area contributed by atoms with Gasteiger partial charge in [-0.25, -0.2) is 0 Å². The summed E-state index contributed by atoms with van der Waals surface area (Å²) in [4.78, 5) is 16.2. The van der Waals surface area contributed by atoms with Gasteiger partial charge in [0.25, 0.3) is 0 Å². The number of aromatic nitrogens is 1. The van der Waals surface area contributed by atoms with E-state index in [4.69, 9.17) is 16.3 Å². The Morgan fingerprint density at radius 2 is 2.14 bits per heavy atom. The van der Waals surface area contributed by atoms with Crippen molar-refractivity contribution in [3.05, 3.63) is 64.4 Å². The molecule has 22 heavy (non-hydrogen) atoms. The Bertz CT molecular complexity index is 652. The number of carbonyl (C=O) groups excluding carboxylic acids is 1. The van der Waals surface area contributed by atoms with Crippen LogP contribution in [0.2, 0.25) is 5.02 Å². The van der Waals surface area contributed by atoms with E-state index in [9.17, 15) is 4.79 Å². The molecular formula is C17H17ClN2O2. The first-order chi connectivity index (χ1) is 10.7. The van der Waals surface area contributed by atoms with Gasteiger partial charge in [0.1, 0.15) is 0 Å². The van der Waals surface area contributed by atoms with Gasteiger partial charge in [-0.05, 0) is 17.2 Å². The number of hydrogen-bond donors (Lipinski definition) is 1. The van der Waals surface area contributed by atoms with Crippen LogP contribution in [0.25, 0.3) is 0 Å². The third-order valence-corrected chi connectivity index (χ3v) is 3.88. The Kier molecular flexibility index (Phi) is 4.83. The monoisotopic (exact) mass is 316 g/mol. The molecule has 1 aromatic carbocycles. The van der Waals surface area contributed by atoms with Crippen molar-refractivity contribution in [3.63, 3.8) is 0 Å². The van der Waals surface area contributed by atoms with Crippen LogP contribution in [0.1, 0.15) is 27.6 Å². The predicted octanol–water partition coefficient (Wildman–Crippen LogP) is 2.82. The summed E-state index contributed by atoms with van der Waals surface area (Å²) in [5.41, 5.74) is 2.64. The number of ether oxygens (including phenoxy) is 1. The molecule has 0 unspecified atom stereocenters. The van der Waals surface area contributed by atoms with Gasteiger partial charge in [0.15, 0.2) is 5.78 Å². The number of rotatable bonds is 4. The highest BCUT2D eigenvalue weighted by molar-refractivity contribution is 6.30. The van der Waals surface area contributed by atoms with E-state index < -0.39 is 0 Å². The van der Waals surface area contributed by atoms with Gasteiger partial charge >= 0.3 is 0 Å². The van der Waals surface area contributed by atoms with Crippen molar-refractivity contribution in [3.8, 4) is 0 Å². The highest BCUT2D eigenvalue weighted by atomic mass is 35.5. The molecule has 5 heteroatoms. The standard InChI is InChI=1S/C17H17ClN2O2/c18-15-8-14(9-20-10-15)16(21)7-12-1-3-13(4-2-12)17-11-19-5-6-22-17/h1-4,8-10,17,19H,5-7,11H2/t17-/m1/s1. The number of morpholine rings is 1. The normalized spacial score (nSPS) is 18.1. The lowest BCUT2D eigenvalue weighted by Gasteiger charge is -2.24. The largest absolute Gasteiger partial charge is 0.371 e. The van der Waals surface area contributed by atoms with Gasteiger partial charge in [-0.3, -0.25) is 9.78 Å². The quantitative estimate of drug-likeness (QED) is 0.881. The number of benzene rings is 1. The van der Waals surface area contributed by atoms with E-state index in [0.29, 0.717) is 17.0 Å². The molecule has 1 N–H and O–H groups in total. The van der Waals surface area contributed by atoms with Crippen LogP contribution in [0, 0.1) is 0 Å². The topological polar surface area (TPSA) is 51.2 Å². The fourth-order valence-electron chi connectivity index (χ4n) is 2.48. The summed E-state index contributed by atoms with van der Waals surface area (Å²) in [5.74, 6) is 0.0123. The lowest BCUT2D eigenvalue weighted by molar-refractivity contribution is 0.0277. The zero-order valence-corrected chi connectivity index (χ0v) is 12.8. The second-order valence-electron chi connectivity index (χ2n) is 5.30. The molecule has 0 spiro atoms. The van der Waals surface area contributed by atoms with Gasteiger partial charge in [-0.2, -0.15) is 0 Å². The molecule has 1 fully saturated rings. The first-order valence-corrected chi connectivity index (χ1v) is 7.65. The average molecular weight is 317 g/mol. The van der Waals surface area contributed by atoms with Crippen molar-refractivity contribution in [2.24, 2.45) is 0 Å². The SMILES string of the molecule is O=C(Cc1ccc([C@H]2CNCCO2)cc1)c1cncc(Cl)c1. The van der Waals surface area contributed by atoms with E-state index in [1.165, 1.54) is 6.20 Å². The molecule has 3 rings (SSSR count). The van der Waals surface area contributed by atoms with E-state index in [1.807, 2.05) is 24.3 Å². The molecule has 114 valence electrons. The molecule has 1 aromatic heterocycles. The summed E-state index contributed by atoms with van der Waals surface area (Å²) in [6.45, 7) is 2.45. The Morgan fingerprint density at radius 1 is 1.32 bits per heavy atom. The molecule has 0 bridgehead atoms. The Morgan fingerprint density at radius 3 is 2.82 bits per heavy atom. The number of nitrogens with one attached hydrogen (secondary N) is 1. The Hall–Kier alpha value is -1.75. The second kappa shape index (κ2) is 7.01. The van der Waals surface area contributed by atoms with E-state index >= 15 is 0 Å². The minimum absolute atomic E-state index is 0.0123. The fraction of sp³-hybridized carbons (Fsp3) is 0.294. The number of halogens is 1. The van der Waals surface area contributed by atoms with Crippen molar-refractivity contribution in [1.29, 1.82) is 0 Å². The van der Waals surface area contributed by atoms with Crippen LogP contribution in [-0.2, 0) is 11.2 Å². The molecule has 0 radical (unpaired) electrons. The summed E-state index contributed by atoms with van der Waals surface area (Å²) in [6.07, 6.45) is 3.50. The van der Waals surface area contributed by atoms with E-state index in [2.05, 4.69) is 10.3 Å². The van der Waals surface area contributed by atoms with Crippen LogP contribution in [0.3, 0.4) is 0 Å². The molecule has 1 aliphatic heterocycles. The molecule has 1 aliphatic rings. The van der Waals surface area contributed by atoms with Gasteiger partial charge in [0, 0.05) is 37.5 Å². The van der Waals surface area contributed by atoms with Crippen molar-refractivity contribution in [2.45, 2.75) is 12.5 Å². The van der Waals surface area contributed by atoms with E-state index in [0.717, 1.165) is 30.8 Å². The van der Waals surface area contributed by atoms with E-state index in [1.54, 1.807) is 12.3 Å². The van der Waals surface area contributed by atoms with Crippen molar-refractivity contribution < 1.29 is 9.53 Å². The zero-order valence-electron chi connectivity index (χ0n) is 12.1. The lowest BCUT2D eigenvalue weighted by atomic mass is 10.0. The Labute approximate surface area is 134 Å². The van der Waals surface area contributed by atoms with Gasteiger partial charge in [-0.15, -0.1) is 0 Å². The first-order valence-electron chi connectivity index (χ1n) is 7.27. The van der Waals surface area contributed by atoms with Crippen LogP contribution in [0.5, 0.6) is 0 Å². The molecule has 2 heterocycles. The minimum atomic E-state index is 0.0123. The number of carbonyl (C=O) groups is 1. The first kappa shape index (κ1) is 15.2. The van der Waals surface area contributed by atoms with Gasteiger partial charge in [0.2, 0.25) is 0 Å². The average Bonchev–Trinajstić information content (AvgIpc) is 2.56.